The summed E-state index contributed by atoms with van der Waals surface area (Å²) in [5.41, 5.74) is 6.13. The maximum absolute atomic E-state index is 12.9. The van der Waals surface area contributed by atoms with Crippen molar-refractivity contribution in [3.05, 3.63) is 29.8 Å². The summed E-state index contributed by atoms with van der Waals surface area (Å²) in [7, 11) is 0. The molecule has 0 aliphatic heterocycles. The molecule has 0 radical (unpaired) electrons. The highest BCUT2D eigenvalue weighted by molar-refractivity contribution is 7.80. The molecule has 35 heavy (non-hydrogen) atoms. The first kappa shape index (κ1) is 29.7. The van der Waals surface area contributed by atoms with E-state index in [1.807, 2.05) is 0 Å². The van der Waals surface area contributed by atoms with Crippen LogP contribution < -0.4 is 21.7 Å². The van der Waals surface area contributed by atoms with E-state index in [0.29, 0.717) is 5.56 Å². The molecule has 0 aromatic heterocycles. The van der Waals surface area contributed by atoms with Gasteiger partial charge in [-0.25, -0.2) is 4.79 Å². The third-order valence-corrected chi connectivity index (χ3v) is 5.27. The van der Waals surface area contributed by atoms with Crippen molar-refractivity contribution in [1.82, 2.24) is 16.0 Å². The van der Waals surface area contributed by atoms with Gasteiger partial charge < -0.3 is 37.0 Å². The molecule has 1 aromatic carbocycles. The number of carboxylic acid groups (broad SMARTS) is 2. The monoisotopic (exact) mass is 512 g/mol. The summed E-state index contributed by atoms with van der Waals surface area (Å²) < 4.78 is 0. The first-order valence-corrected chi connectivity index (χ1v) is 11.5. The Morgan fingerprint density at radius 2 is 1.40 bits per heavy atom. The SMILES string of the molecule is CC(C)CC(NC(=O)C(N)CS)C(=O)NC(CC(=O)O)C(=O)NC(Cc1ccc(O)cc1)C(=O)O. The number of nitrogens with two attached hydrogens (primary N) is 1. The van der Waals surface area contributed by atoms with E-state index in [-0.39, 0.29) is 30.3 Å². The lowest BCUT2D eigenvalue weighted by Gasteiger charge is -2.25. The molecule has 0 bridgehead atoms. The lowest BCUT2D eigenvalue weighted by atomic mass is 10.0. The number of carbonyl (C=O) groups excluding carboxylic acids is 3. The summed E-state index contributed by atoms with van der Waals surface area (Å²) in [4.78, 5) is 60.8. The molecule has 0 aliphatic rings. The molecule has 0 heterocycles. The standard InChI is InChI=1S/C22H32N4O8S/c1-11(2)7-15(24-19(30)14(23)10-35)20(31)25-16(9-18(28)29)21(32)26-17(22(33)34)8-12-3-5-13(27)6-4-12/h3-6,11,14-17,27,35H,7-10,23H2,1-2H3,(H,24,30)(H,25,31)(H,26,32)(H,28,29)(H,33,34). The Balaban J connectivity index is 3.02. The van der Waals surface area contributed by atoms with Crippen molar-refractivity contribution in [2.45, 2.75) is 57.3 Å². The van der Waals surface area contributed by atoms with Crippen LogP contribution in [0.5, 0.6) is 5.75 Å². The van der Waals surface area contributed by atoms with Gasteiger partial charge in [0.15, 0.2) is 0 Å². The minimum atomic E-state index is -1.60. The van der Waals surface area contributed by atoms with Crippen LogP contribution in [-0.2, 0) is 30.4 Å². The van der Waals surface area contributed by atoms with E-state index < -0.39 is 60.2 Å². The number of phenols is 1. The minimum Gasteiger partial charge on any atom is -0.508 e. The molecule has 12 nitrogen and oxygen atoms in total. The number of rotatable bonds is 14. The number of hydrogen-bond acceptors (Lipinski definition) is 8. The van der Waals surface area contributed by atoms with Gasteiger partial charge in [-0.1, -0.05) is 26.0 Å². The summed E-state index contributed by atoms with van der Waals surface area (Å²) >= 11 is 3.94. The molecular formula is C22H32N4O8S. The zero-order valence-corrected chi connectivity index (χ0v) is 20.3. The van der Waals surface area contributed by atoms with Crippen LogP contribution in [0.25, 0.3) is 0 Å². The van der Waals surface area contributed by atoms with E-state index in [0.717, 1.165) is 0 Å². The zero-order valence-electron chi connectivity index (χ0n) is 19.4. The van der Waals surface area contributed by atoms with Crippen LogP contribution in [-0.4, -0.2) is 74.9 Å². The van der Waals surface area contributed by atoms with Crippen molar-refractivity contribution in [1.29, 1.82) is 0 Å². The van der Waals surface area contributed by atoms with Gasteiger partial charge in [-0.15, -0.1) is 0 Å². The Bertz CT molecular complexity index is 909. The number of aromatic hydroxyl groups is 1. The fourth-order valence-electron chi connectivity index (χ4n) is 3.06. The van der Waals surface area contributed by atoms with Gasteiger partial charge in [0.25, 0.3) is 0 Å². The normalized spacial score (nSPS) is 14.3. The first-order chi connectivity index (χ1) is 16.3. The van der Waals surface area contributed by atoms with Crippen molar-refractivity contribution >= 4 is 42.3 Å². The van der Waals surface area contributed by atoms with Gasteiger partial charge in [-0.2, -0.15) is 12.6 Å². The van der Waals surface area contributed by atoms with Gasteiger partial charge in [-0.05, 0) is 30.0 Å². The molecule has 1 aromatic rings. The Kier molecular flexibility index (Phi) is 12.0. The van der Waals surface area contributed by atoms with Crippen molar-refractivity contribution in [3.8, 4) is 5.75 Å². The molecule has 0 saturated heterocycles. The highest BCUT2D eigenvalue weighted by atomic mass is 32.1. The molecule has 194 valence electrons. The molecule has 0 spiro atoms. The van der Waals surface area contributed by atoms with Gasteiger partial charge >= 0.3 is 11.9 Å². The number of phenolic OH excluding ortho intramolecular Hbond substituents is 1. The number of hydrogen-bond donors (Lipinski definition) is 8. The molecule has 0 fully saturated rings. The molecule has 4 unspecified atom stereocenters. The summed E-state index contributed by atoms with van der Waals surface area (Å²) in [6.07, 6.45) is -0.790. The second kappa shape index (κ2) is 14.2. The van der Waals surface area contributed by atoms with E-state index in [2.05, 4.69) is 28.6 Å². The number of amides is 3. The van der Waals surface area contributed by atoms with Crippen molar-refractivity contribution < 1.29 is 39.3 Å². The van der Waals surface area contributed by atoms with Crippen LogP contribution in [0, 0.1) is 5.92 Å². The van der Waals surface area contributed by atoms with Crippen LogP contribution in [0.15, 0.2) is 24.3 Å². The molecular weight excluding hydrogens is 480 g/mol. The Hall–Kier alpha value is -3.32. The maximum Gasteiger partial charge on any atom is 0.326 e. The average molecular weight is 513 g/mol. The van der Waals surface area contributed by atoms with Gasteiger partial charge in [0.2, 0.25) is 17.7 Å². The number of carboxylic acids is 2. The quantitative estimate of drug-likeness (QED) is 0.147. The second-order valence-corrected chi connectivity index (χ2v) is 8.77. The number of aliphatic carboxylic acids is 2. The first-order valence-electron chi connectivity index (χ1n) is 10.8. The summed E-state index contributed by atoms with van der Waals surface area (Å²) in [6, 6.07) is 0.538. The summed E-state index contributed by atoms with van der Waals surface area (Å²) in [5.74, 6) is -5.30. The van der Waals surface area contributed by atoms with E-state index in [1.54, 1.807) is 13.8 Å². The largest absolute Gasteiger partial charge is 0.508 e. The van der Waals surface area contributed by atoms with Crippen LogP contribution in [0.4, 0.5) is 0 Å². The Morgan fingerprint density at radius 3 is 1.89 bits per heavy atom. The second-order valence-electron chi connectivity index (χ2n) is 8.41. The molecule has 0 saturated carbocycles. The van der Waals surface area contributed by atoms with Crippen LogP contribution in [0.2, 0.25) is 0 Å². The number of benzene rings is 1. The fourth-order valence-corrected chi connectivity index (χ4v) is 3.23. The molecule has 4 atom stereocenters. The lowest BCUT2D eigenvalue weighted by Crippen LogP contribution is -2.58. The Labute approximate surface area is 208 Å². The van der Waals surface area contributed by atoms with Gasteiger partial charge in [0.1, 0.15) is 23.9 Å². The van der Waals surface area contributed by atoms with E-state index in [9.17, 15) is 39.3 Å². The fraction of sp³-hybridized carbons (Fsp3) is 0.500. The lowest BCUT2D eigenvalue weighted by molar-refractivity contribution is -0.143. The molecule has 8 N–H and O–H groups in total. The van der Waals surface area contributed by atoms with Gasteiger partial charge in [0, 0.05) is 12.2 Å². The van der Waals surface area contributed by atoms with Crippen LogP contribution >= 0.6 is 12.6 Å². The predicted molar refractivity (Wildman–Crippen MR) is 129 cm³/mol. The van der Waals surface area contributed by atoms with E-state index in [4.69, 9.17) is 5.73 Å². The molecule has 13 heteroatoms. The summed E-state index contributed by atoms with van der Waals surface area (Å²) in [6.45, 7) is 3.60. The number of nitrogens with one attached hydrogen (secondary N) is 3. The predicted octanol–water partition coefficient (Wildman–Crippen LogP) is -0.748. The number of carbonyl (C=O) groups is 5. The highest BCUT2D eigenvalue weighted by Gasteiger charge is 2.32. The molecule has 1 rings (SSSR count). The average Bonchev–Trinajstić information content (AvgIpc) is 2.77. The van der Waals surface area contributed by atoms with E-state index >= 15 is 0 Å². The molecule has 3 amide bonds. The van der Waals surface area contributed by atoms with Gasteiger partial charge in [-0.3, -0.25) is 19.2 Å². The summed E-state index contributed by atoms with van der Waals surface area (Å²) in [5, 5.41) is 35.1. The Morgan fingerprint density at radius 1 is 0.886 bits per heavy atom. The third-order valence-electron chi connectivity index (χ3n) is 4.88. The van der Waals surface area contributed by atoms with Crippen molar-refractivity contribution in [3.63, 3.8) is 0 Å². The topological polar surface area (TPSA) is 208 Å². The van der Waals surface area contributed by atoms with Gasteiger partial charge in [0.05, 0.1) is 12.5 Å². The van der Waals surface area contributed by atoms with Crippen molar-refractivity contribution in [2.75, 3.05) is 5.75 Å². The third kappa shape index (κ3) is 10.6. The highest BCUT2D eigenvalue weighted by Crippen LogP contribution is 2.12. The van der Waals surface area contributed by atoms with Crippen molar-refractivity contribution in [2.24, 2.45) is 11.7 Å². The van der Waals surface area contributed by atoms with Crippen LogP contribution in [0.3, 0.4) is 0 Å². The smallest absolute Gasteiger partial charge is 0.326 e. The molecule has 0 aliphatic carbocycles. The zero-order chi connectivity index (χ0) is 26.7. The minimum absolute atomic E-state index is 0.0211. The maximum atomic E-state index is 12.9. The van der Waals surface area contributed by atoms with Crippen LogP contribution in [0.1, 0.15) is 32.3 Å². The number of thiol groups is 1. The van der Waals surface area contributed by atoms with E-state index in [1.165, 1.54) is 24.3 Å².